The molecule has 1 rings (SSSR count). The zero-order valence-electron chi connectivity index (χ0n) is 9.92. The molecule has 0 saturated carbocycles. The first-order chi connectivity index (χ1) is 6.88. The number of hydrogen-bond acceptors (Lipinski definition) is 1. The van der Waals surface area contributed by atoms with Crippen molar-refractivity contribution in [1.29, 1.82) is 0 Å². The van der Waals surface area contributed by atoms with Gasteiger partial charge in [-0.05, 0) is 24.0 Å². The van der Waals surface area contributed by atoms with Crippen molar-refractivity contribution in [2.45, 2.75) is 34.1 Å². The minimum Gasteiger partial charge on any atom is -0.326 e. The maximum atomic E-state index is 11.7. The number of carbonyl (C=O) groups excluding carboxylic acids is 1. The molecule has 1 amide bonds. The fourth-order valence-electron chi connectivity index (χ4n) is 1.39. The molecule has 0 unspecified atom stereocenters. The van der Waals surface area contributed by atoms with Crippen molar-refractivity contribution in [3.05, 3.63) is 29.8 Å². The van der Waals surface area contributed by atoms with Gasteiger partial charge in [0, 0.05) is 12.1 Å². The van der Waals surface area contributed by atoms with Crippen molar-refractivity contribution >= 4 is 11.6 Å². The van der Waals surface area contributed by atoms with Gasteiger partial charge in [0.25, 0.3) is 0 Å². The Hall–Kier alpha value is -1.31. The van der Waals surface area contributed by atoms with E-state index in [-0.39, 0.29) is 11.3 Å². The molecular formula is C13H19NO. The fraction of sp³-hybridized carbons (Fsp3) is 0.462. The van der Waals surface area contributed by atoms with Gasteiger partial charge in [-0.1, -0.05) is 39.0 Å². The van der Waals surface area contributed by atoms with Gasteiger partial charge < -0.3 is 5.32 Å². The molecule has 0 saturated heterocycles. The Morgan fingerprint density at radius 1 is 1.27 bits per heavy atom. The van der Waals surface area contributed by atoms with E-state index in [0.29, 0.717) is 6.42 Å². The first-order valence-corrected chi connectivity index (χ1v) is 5.24. The van der Waals surface area contributed by atoms with Crippen LogP contribution in [0.15, 0.2) is 24.3 Å². The Morgan fingerprint density at radius 2 is 1.87 bits per heavy atom. The van der Waals surface area contributed by atoms with Gasteiger partial charge in [-0.15, -0.1) is 0 Å². The van der Waals surface area contributed by atoms with Crippen molar-refractivity contribution in [3.8, 4) is 0 Å². The largest absolute Gasteiger partial charge is 0.326 e. The molecule has 1 aromatic carbocycles. The van der Waals surface area contributed by atoms with E-state index >= 15 is 0 Å². The van der Waals surface area contributed by atoms with Gasteiger partial charge in [-0.2, -0.15) is 0 Å². The Bertz CT molecular complexity index is 350. The maximum absolute atomic E-state index is 11.7. The normalized spacial score (nSPS) is 11.2. The summed E-state index contributed by atoms with van der Waals surface area (Å²) in [7, 11) is 0. The van der Waals surface area contributed by atoms with Crippen LogP contribution in [0.3, 0.4) is 0 Å². The minimum atomic E-state index is 0.0345. The van der Waals surface area contributed by atoms with Crippen LogP contribution in [-0.2, 0) is 4.79 Å². The summed E-state index contributed by atoms with van der Waals surface area (Å²) in [4.78, 5) is 11.7. The zero-order chi connectivity index (χ0) is 11.5. The molecule has 1 N–H and O–H groups in total. The molecule has 0 radical (unpaired) electrons. The summed E-state index contributed by atoms with van der Waals surface area (Å²) in [5.74, 6) is 0.0804. The van der Waals surface area contributed by atoms with E-state index in [2.05, 4.69) is 26.1 Å². The van der Waals surface area contributed by atoms with E-state index in [9.17, 15) is 4.79 Å². The highest BCUT2D eigenvalue weighted by Gasteiger charge is 2.16. The monoisotopic (exact) mass is 205 g/mol. The van der Waals surface area contributed by atoms with Crippen LogP contribution >= 0.6 is 0 Å². The fourth-order valence-corrected chi connectivity index (χ4v) is 1.39. The lowest BCUT2D eigenvalue weighted by Gasteiger charge is -2.17. The quantitative estimate of drug-likeness (QED) is 0.788. The second-order valence-electron chi connectivity index (χ2n) is 5.10. The van der Waals surface area contributed by atoms with E-state index < -0.39 is 0 Å². The minimum absolute atomic E-state index is 0.0345. The second kappa shape index (κ2) is 4.47. The first-order valence-electron chi connectivity index (χ1n) is 5.24. The molecule has 0 heterocycles. The molecule has 0 fully saturated rings. The third kappa shape index (κ3) is 4.15. The van der Waals surface area contributed by atoms with E-state index in [1.54, 1.807) is 0 Å². The number of nitrogens with one attached hydrogen (secondary N) is 1. The molecule has 0 atom stereocenters. The molecule has 2 nitrogen and oxygen atoms in total. The summed E-state index contributed by atoms with van der Waals surface area (Å²) in [6.45, 7) is 8.17. The van der Waals surface area contributed by atoms with Gasteiger partial charge in [0.15, 0.2) is 0 Å². The number of amides is 1. The molecule has 0 aliphatic carbocycles. The topological polar surface area (TPSA) is 29.1 Å². The predicted molar refractivity (Wildman–Crippen MR) is 63.9 cm³/mol. The van der Waals surface area contributed by atoms with Gasteiger partial charge in [0.05, 0.1) is 0 Å². The van der Waals surface area contributed by atoms with Gasteiger partial charge in [0.2, 0.25) is 5.91 Å². The lowest BCUT2D eigenvalue weighted by molar-refractivity contribution is -0.117. The van der Waals surface area contributed by atoms with Crippen LogP contribution in [-0.4, -0.2) is 5.91 Å². The smallest absolute Gasteiger partial charge is 0.224 e. The van der Waals surface area contributed by atoms with Crippen LogP contribution in [0.4, 0.5) is 5.69 Å². The molecule has 0 aliphatic rings. The average Bonchev–Trinajstić information content (AvgIpc) is 2.05. The van der Waals surface area contributed by atoms with Crippen LogP contribution in [0.2, 0.25) is 0 Å². The highest BCUT2D eigenvalue weighted by molar-refractivity contribution is 5.91. The van der Waals surface area contributed by atoms with Crippen molar-refractivity contribution in [1.82, 2.24) is 0 Å². The lowest BCUT2D eigenvalue weighted by atomic mass is 9.92. The Morgan fingerprint density at radius 3 is 2.40 bits per heavy atom. The Labute approximate surface area is 91.7 Å². The molecular weight excluding hydrogens is 186 g/mol. The van der Waals surface area contributed by atoms with E-state index in [4.69, 9.17) is 0 Å². The molecule has 82 valence electrons. The summed E-state index contributed by atoms with van der Waals surface area (Å²) >= 11 is 0. The van der Waals surface area contributed by atoms with Gasteiger partial charge in [-0.3, -0.25) is 4.79 Å². The number of aryl methyl sites for hydroxylation is 1. The van der Waals surface area contributed by atoms with E-state index in [1.165, 1.54) is 0 Å². The van der Waals surface area contributed by atoms with E-state index in [1.807, 2.05) is 31.2 Å². The molecule has 15 heavy (non-hydrogen) atoms. The van der Waals surface area contributed by atoms with Gasteiger partial charge in [-0.25, -0.2) is 0 Å². The zero-order valence-corrected chi connectivity index (χ0v) is 9.92. The molecule has 0 aromatic heterocycles. The number of anilines is 1. The number of hydrogen-bond donors (Lipinski definition) is 1. The third-order valence-electron chi connectivity index (χ3n) is 2.11. The van der Waals surface area contributed by atoms with Crippen LogP contribution < -0.4 is 5.32 Å². The standard InChI is InChI=1S/C13H19NO/c1-10-7-5-6-8-11(10)14-12(15)9-13(2,3)4/h5-8H,9H2,1-4H3,(H,14,15). The molecule has 0 spiro atoms. The summed E-state index contributed by atoms with van der Waals surface area (Å²) < 4.78 is 0. The average molecular weight is 205 g/mol. The molecule has 0 aliphatic heterocycles. The molecule has 0 bridgehead atoms. The van der Waals surface area contributed by atoms with Crippen molar-refractivity contribution in [2.75, 3.05) is 5.32 Å². The van der Waals surface area contributed by atoms with Crippen LogP contribution in [0.5, 0.6) is 0 Å². The van der Waals surface area contributed by atoms with Crippen LogP contribution in [0.1, 0.15) is 32.8 Å². The van der Waals surface area contributed by atoms with Crippen molar-refractivity contribution in [3.63, 3.8) is 0 Å². The third-order valence-corrected chi connectivity index (χ3v) is 2.11. The first kappa shape index (κ1) is 11.8. The Balaban J connectivity index is 2.64. The number of benzene rings is 1. The number of para-hydroxylation sites is 1. The maximum Gasteiger partial charge on any atom is 0.224 e. The van der Waals surface area contributed by atoms with Crippen molar-refractivity contribution in [2.24, 2.45) is 5.41 Å². The summed E-state index contributed by atoms with van der Waals surface area (Å²) in [5.41, 5.74) is 2.04. The number of rotatable bonds is 2. The van der Waals surface area contributed by atoms with Gasteiger partial charge in [0.1, 0.15) is 0 Å². The van der Waals surface area contributed by atoms with Crippen molar-refractivity contribution < 1.29 is 4.79 Å². The van der Waals surface area contributed by atoms with Crippen LogP contribution in [0.25, 0.3) is 0 Å². The molecule has 1 aromatic rings. The van der Waals surface area contributed by atoms with E-state index in [0.717, 1.165) is 11.3 Å². The predicted octanol–water partition coefficient (Wildman–Crippen LogP) is 3.37. The summed E-state index contributed by atoms with van der Waals surface area (Å²) in [6.07, 6.45) is 0.543. The summed E-state index contributed by atoms with van der Waals surface area (Å²) in [6, 6.07) is 7.82. The van der Waals surface area contributed by atoms with Gasteiger partial charge >= 0.3 is 0 Å². The second-order valence-corrected chi connectivity index (χ2v) is 5.10. The Kier molecular flexibility index (Phi) is 3.51. The highest BCUT2D eigenvalue weighted by Crippen LogP contribution is 2.20. The number of carbonyl (C=O) groups is 1. The highest BCUT2D eigenvalue weighted by atomic mass is 16.1. The lowest BCUT2D eigenvalue weighted by Crippen LogP contribution is -2.20. The molecule has 2 heteroatoms. The SMILES string of the molecule is Cc1ccccc1NC(=O)CC(C)(C)C. The summed E-state index contributed by atoms with van der Waals surface area (Å²) in [5, 5.41) is 2.93. The van der Waals surface area contributed by atoms with Crippen LogP contribution in [0, 0.1) is 12.3 Å².